The van der Waals surface area contributed by atoms with Gasteiger partial charge < -0.3 is 15.8 Å². The molecule has 1 saturated heterocycles. The number of hydrogen-bond donors (Lipinski definition) is 2. The summed E-state index contributed by atoms with van der Waals surface area (Å²) in [5.41, 5.74) is 7.11. The molecule has 1 amide bonds. The average Bonchev–Trinajstić information content (AvgIpc) is 2.40. The van der Waals surface area contributed by atoms with Crippen molar-refractivity contribution in [3.8, 4) is 0 Å². The summed E-state index contributed by atoms with van der Waals surface area (Å²) in [5, 5.41) is 2.89. The highest BCUT2D eigenvalue weighted by atomic mass is 16.5. The predicted molar refractivity (Wildman–Crippen MR) is 85.2 cm³/mol. The lowest BCUT2D eigenvalue weighted by Crippen LogP contribution is -2.45. The number of nitrogen functional groups attached to an aromatic ring is 1. The smallest absolute Gasteiger partial charge is 0.224 e. The predicted octanol–water partition coefficient (Wildman–Crippen LogP) is 2.10. The summed E-state index contributed by atoms with van der Waals surface area (Å²) in [6.45, 7) is 7.02. The van der Waals surface area contributed by atoms with E-state index in [0.717, 1.165) is 31.7 Å². The highest BCUT2D eigenvalue weighted by molar-refractivity contribution is 5.90. The molecule has 0 spiro atoms. The number of morpholine rings is 1. The number of anilines is 2. The van der Waals surface area contributed by atoms with Crippen molar-refractivity contribution in [3.63, 3.8) is 0 Å². The van der Waals surface area contributed by atoms with E-state index in [1.165, 1.54) is 0 Å². The molecule has 1 heterocycles. The van der Waals surface area contributed by atoms with Crippen LogP contribution in [0.5, 0.6) is 0 Å². The van der Waals surface area contributed by atoms with Gasteiger partial charge in [-0.15, -0.1) is 0 Å². The van der Waals surface area contributed by atoms with Crippen LogP contribution in [0.4, 0.5) is 11.4 Å². The third-order valence-electron chi connectivity index (χ3n) is 3.57. The second kappa shape index (κ2) is 7.43. The molecular formula is C16H25N3O2. The van der Waals surface area contributed by atoms with Crippen molar-refractivity contribution in [3.05, 3.63) is 24.3 Å². The molecule has 5 heteroatoms. The first kappa shape index (κ1) is 15.8. The van der Waals surface area contributed by atoms with Crippen molar-refractivity contribution in [2.24, 2.45) is 0 Å². The standard InChI is InChI=1S/C16H25N3O2/c1-12-10-19(11-13(2)21-12)9-3-4-16(20)18-15-7-5-14(17)6-8-15/h5-8,12-13H,3-4,9-11,17H2,1-2H3,(H,18,20). The molecule has 2 unspecified atom stereocenters. The van der Waals surface area contributed by atoms with Crippen LogP contribution in [0.1, 0.15) is 26.7 Å². The van der Waals surface area contributed by atoms with Crippen LogP contribution in [0, 0.1) is 0 Å². The van der Waals surface area contributed by atoms with E-state index in [9.17, 15) is 4.79 Å². The molecule has 0 radical (unpaired) electrons. The Morgan fingerprint density at radius 1 is 1.29 bits per heavy atom. The van der Waals surface area contributed by atoms with Crippen molar-refractivity contribution in [1.82, 2.24) is 4.90 Å². The van der Waals surface area contributed by atoms with Gasteiger partial charge in [-0.3, -0.25) is 9.69 Å². The van der Waals surface area contributed by atoms with E-state index >= 15 is 0 Å². The molecule has 1 aliphatic heterocycles. The van der Waals surface area contributed by atoms with Crippen LogP contribution in [-0.4, -0.2) is 42.6 Å². The van der Waals surface area contributed by atoms with Crippen LogP contribution in [0.25, 0.3) is 0 Å². The average molecular weight is 291 g/mol. The highest BCUT2D eigenvalue weighted by Gasteiger charge is 2.21. The van der Waals surface area contributed by atoms with E-state index in [2.05, 4.69) is 24.1 Å². The van der Waals surface area contributed by atoms with Gasteiger partial charge in [0.2, 0.25) is 5.91 Å². The molecule has 2 atom stereocenters. The molecule has 0 bridgehead atoms. The van der Waals surface area contributed by atoms with Crippen LogP contribution in [0.2, 0.25) is 0 Å². The number of nitrogens with two attached hydrogens (primary N) is 1. The van der Waals surface area contributed by atoms with E-state index < -0.39 is 0 Å². The molecule has 1 aromatic carbocycles. The lowest BCUT2D eigenvalue weighted by Gasteiger charge is -2.35. The van der Waals surface area contributed by atoms with E-state index in [0.29, 0.717) is 12.1 Å². The monoisotopic (exact) mass is 291 g/mol. The van der Waals surface area contributed by atoms with Gasteiger partial charge in [0.05, 0.1) is 12.2 Å². The van der Waals surface area contributed by atoms with Gasteiger partial charge in [-0.05, 0) is 51.1 Å². The summed E-state index contributed by atoms with van der Waals surface area (Å²) in [5.74, 6) is 0.0501. The topological polar surface area (TPSA) is 67.6 Å². The number of rotatable bonds is 5. The second-order valence-electron chi connectivity index (χ2n) is 5.79. The molecule has 2 rings (SSSR count). The normalized spacial score (nSPS) is 23.0. The lowest BCUT2D eigenvalue weighted by atomic mass is 10.2. The molecule has 0 aromatic heterocycles. The van der Waals surface area contributed by atoms with E-state index in [1.807, 2.05) is 12.1 Å². The number of nitrogens with zero attached hydrogens (tertiary/aromatic N) is 1. The highest BCUT2D eigenvalue weighted by Crippen LogP contribution is 2.13. The van der Waals surface area contributed by atoms with Crippen molar-refractivity contribution in [1.29, 1.82) is 0 Å². The Labute approximate surface area is 126 Å². The Kier molecular flexibility index (Phi) is 5.59. The SMILES string of the molecule is CC1CN(CCCC(=O)Nc2ccc(N)cc2)CC(C)O1. The summed E-state index contributed by atoms with van der Waals surface area (Å²) in [7, 11) is 0. The Morgan fingerprint density at radius 3 is 2.52 bits per heavy atom. The summed E-state index contributed by atoms with van der Waals surface area (Å²) < 4.78 is 5.70. The van der Waals surface area contributed by atoms with Crippen molar-refractivity contribution in [2.45, 2.75) is 38.9 Å². The Hall–Kier alpha value is -1.59. The molecular weight excluding hydrogens is 266 g/mol. The summed E-state index contributed by atoms with van der Waals surface area (Å²) in [6, 6.07) is 7.20. The fourth-order valence-corrected chi connectivity index (χ4v) is 2.72. The van der Waals surface area contributed by atoms with Gasteiger partial charge in [-0.25, -0.2) is 0 Å². The van der Waals surface area contributed by atoms with Gasteiger partial charge in [-0.2, -0.15) is 0 Å². The summed E-state index contributed by atoms with van der Waals surface area (Å²) in [6.07, 6.45) is 1.94. The van der Waals surface area contributed by atoms with E-state index in [1.54, 1.807) is 12.1 Å². The number of ether oxygens (including phenoxy) is 1. The molecule has 21 heavy (non-hydrogen) atoms. The van der Waals surface area contributed by atoms with Crippen molar-refractivity contribution >= 4 is 17.3 Å². The number of nitrogens with one attached hydrogen (secondary N) is 1. The largest absolute Gasteiger partial charge is 0.399 e. The molecule has 0 saturated carbocycles. The summed E-state index contributed by atoms with van der Waals surface area (Å²) in [4.78, 5) is 14.3. The fourth-order valence-electron chi connectivity index (χ4n) is 2.72. The van der Waals surface area contributed by atoms with Gasteiger partial charge >= 0.3 is 0 Å². The summed E-state index contributed by atoms with van der Waals surface area (Å²) >= 11 is 0. The van der Waals surface area contributed by atoms with E-state index in [-0.39, 0.29) is 18.1 Å². The van der Waals surface area contributed by atoms with Crippen molar-refractivity contribution in [2.75, 3.05) is 30.7 Å². The van der Waals surface area contributed by atoms with Gasteiger partial charge in [0.25, 0.3) is 0 Å². The number of hydrogen-bond acceptors (Lipinski definition) is 4. The molecule has 116 valence electrons. The molecule has 5 nitrogen and oxygen atoms in total. The third kappa shape index (κ3) is 5.36. The van der Waals surface area contributed by atoms with Crippen LogP contribution < -0.4 is 11.1 Å². The van der Waals surface area contributed by atoms with Crippen LogP contribution >= 0.6 is 0 Å². The van der Waals surface area contributed by atoms with Gasteiger partial charge in [0.15, 0.2) is 0 Å². The maximum absolute atomic E-state index is 11.9. The van der Waals surface area contributed by atoms with Crippen LogP contribution in [0.15, 0.2) is 24.3 Å². The van der Waals surface area contributed by atoms with Gasteiger partial charge in [0.1, 0.15) is 0 Å². The number of amides is 1. The molecule has 1 aliphatic rings. The maximum atomic E-state index is 11.9. The Balaban J connectivity index is 1.68. The van der Waals surface area contributed by atoms with E-state index in [4.69, 9.17) is 10.5 Å². The zero-order chi connectivity index (χ0) is 15.2. The minimum absolute atomic E-state index is 0.0501. The first-order valence-corrected chi connectivity index (χ1v) is 7.56. The molecule has 0 aliphatic carbocycles. The van der Waals surface area contributed by atoms with Gasteiger partial charge in [0, 0.05) is 30.9 Å². The maximum Gasteiger partial charge on any atom is 0.224 e. The number of benzene rings is 1. The second-order valence-corrected chi connectivity index (χ2v) is 5.79. The zero-order valence-corrected chi connectivity index (χ0v) is 12.8. The Morgan fingerprint density at radius 2 is 1.90 bits per heavy atom. The van der Waals surface area contributed by atoms with Crippen molar-refractivity contribution < 1.29 is 9.53 Å². The minimum Gasteiger partial charge on any atom is -0.399 e. The molecule has 3 N–H and O–H groups in total. The molecule has 1 aromatic rings. The lowest BCUT2D eigenvalue weighted by molar-refractivity contribution is -0.116. The third-order valence-corrected chi connectivity index (χ3v) is 3.57. The number of carbonyl (C=O) groups excluding carboxylic acids is 1. The fraction of sp³-hybridized carbons (Fsp3) is 0.562. The van der Waals surface area contributed by atoms with Crippen LogP contribution in [0.3, 0.4) is 0 Å². The molecule has 1 fully saturated rings. The minimum atomic E-state index is 0.0501. The van der Waals surface area contributed by atoms with Gasteiger partial charge in [-0.1, -0.05) is 0 Å². The zero-order valence-electron chi connectivity index (χ0n) is 12.8. The Bertz CT molecular complexity index is 451. The quantitative estimate of drug-likeness (QED) is 0.815. The first-order chi connectivity index (χ1) is 10.0. The number of carbonyl (C=O) groups is 1. The van der Waals surface area contributed by atoms with Crippen LogP contribution in [-0.2, 0) is 9.53 Å². The first-order valence-electron chi connectivity index (χ1n) is 7.56.